The van der Waals surface area contributed by atoms with Gasteiger partial charge in [-0.3, -0.25) is 20.2 Å². The number of nitrogens with zero attached hydrogens (tertiary/aromatic N) is 1. The van der Waals surface area contributed by atoms with E-state index in [0.717, 1.165) is 22.5 Å². The second-order valence-corrected chi connectivity index (χ2v) is 9.06. The molecule has 3 aromatic rings. The van der Waals surface area contributed by atoms with Crippen LogP contribution in [0.25, 0.3) is 10.8 Å². The maximum absolute atomic E-state index is 13.2. The summed E-state index contributed by atoms with van der Waals surface area (Å²) in [5.41, 5.74) is 6.73. The normalized spacial score (nSPS) is 17.0. The smallest absolute Gasteiger partial charge is 0.337 e. The van der Waals surface area contributed by atoms with E-state index in [2.05, 4.69) is 10.6 Å². The van der Waals surface area contributed by atoms with E-state index in [9.17, 15) is 24.5 Å². The molecule has 10 nitrogen and oxygen atoms in total. The Morgan fingerprint density at radius 2 is 1.81 bits per heavy atom. The lowest BCUT2D eigenvalue weighted by atomic mass is 9.87. The van der Waals surface area contributed by atoms with Gasteiger partial charge in [-0.15, -0.1) is 0 Å². The van der Waals surface area contributed by atoms with Crippen molar-refractivity contribution in [2.75, 3.05) is 11.9 Å². The number of thioether (sulfide) groups is 1. The Morgan fingerprint density at radius 1 is 1.06 bits per heavy atom. The fourth-order valence-electron chi connectivity index (χ4n) is 4.00. The van der Waals surface area contributed by atoms with E-state index in [1.165, 1.54) is 18.2 Å². The van der Waals surface area contributed by atoms with Crippen LogP contribution in [0.1, 0.15) is 18.4 Å². The summed E-state index contributed by atoms with van der Waals surface area (Å²) in [6.07, 6.45) is 0. The molecule has 1 aliphatic heterocycles. The van der Waals surface area contributed by atoms with Crippen LogP contribution in [0.4, 0.5) is 16.2 Å². The first-order chi connectivity index (χ1) is 17.3. The van der Waals surface area contributed by atoms with Crippen molar-refractivity contribution in [3.05, 3.63) is 93.0 Å². The highest BCUT2D eigenvalue weighted by Gasteiger charge is 2.44. The van der Waals surface area contributed by atoms with Crippen molar-refractivity contribution in [3.63, 3.8) is 0 Å². The zero-order valence-corrected chi connectivity index (χ0v) is 19.9. The van der Waals surface area contributed by atoms with Crippen molar-refractivity contribution < 1.29 is 24.0 Å². The lowest BCUT2D eigenvalue weighted by molar-refractivity contribution is -0.384. The van der Waals surface area contributed by atoms with Crippen LogP contribution >= 0.6 is 11.8 Å². The zero-order chi connectivity index (χ0) is 25.8. The van der Waals surface area contributed by atoms with Crippen LogP contribution in [0, 0.1) is 10.1 Å². The SMILES string of the molecule is CCOC(=O)C1=C(N)SC(C(=O)NC(=O)Nc2ccc3ccccc3c2)C1c1cccc([N+](=O)[O-])c1. The van der Waals surface area contributed by atoms with Gasteiger partial charge < -0.3 is 15.8 Å². The molecule has 4 rings (SSSR count). The van der Waals surface area contributed by atoms with Gasteiger partial charge in [0.2, 0.25) is 5.91 Å². The first kappa shape index (κ1) is 24.7. The molecule has 2 unspecified atom stereocenters. The van der Waals surface area contributed by atoms with Gasteiger partial charge in [0.15, 0.2) is 0 Å². The monoisotopic (exact) mass is 506 g/mol. The summed E-state index contributed by atoms with van der Waals surface area (Å²) in [6, 6.07) is 17.8. The second-order valence-electron chi connectivity index (χ2n) is 7.87. The Morgan fingerprint density at radius 3 is 2.53 bits per heavy atom. The molecule has 184 valence electrons. The van der Waals surface area contributed by atoms with E-state index in [1.807, 2.05) is 30.3 Å². The number of imide groups is 1. The molecule has 11 heteroatoms. The minimum atomic E-state index is -1.03. The van der Waals surface area contributed by atoms with E-state index in [-0.39, 0.29) is 22.9 Å². The summed E-state index contributed by atoms with van der Waals surface area (Å²) < 4.78 is 5.11. The number of non-ortho nitro benzene ring substituents is 1. The fraction of sp³-hybridized carbons (Fsp3) is 0.160. The molecule has 3 amide bonds. The fourth-order valence-corrected chi connectivity index (χ4v) is 5.21. The number of carbonyl (C=O) groups is 3. The van der Waals surface area contributed by atoms with Gasteiger partial charge in [-0.25, -0.2) is 9.59 Å². The van der Waals surface area contributed by atoms with Crippen molar-refractivity contribution in [1.29, 1.82) is 0 Å². The number of anilines is 1. The molecule has 0 aliphatic carbocycles. The van der Waals surface area contributed by atoms with Crippen LogP contribution in [-0.2, 0) is 14.3 Å². The summed E-state index contributed by atoms with van der Waals surface area (Å²) in [5, 5.41) is 17.2. The predicted octanol–water partition coefficient (Wildman–Crippen LogP) is 4.03. The van der Waals surface area contributed by atoms with Crippen LogP contribution in [0.5, 0.6) is 0 Å². The Labute approximate surface area is 210 Å². The molecule has 1 heterocycles. The summed E-state index contributed by atoms with van der Waals surface area (Å²) in [4.78, 5) is 49.2. The highest BCUT2D eigenvalue weighted by atomic mass is 32.2. The molecule has 3 aromatic carbocycles. The van der Waals surface area contributed by atoms with E-state index in [0.29, 0.717) is 11.3 Å². The number of esters is 1. The Balaban J connectivity index is 1.57. The van der Waals surface area contributed by atoms with Gasteiger partial charge in [-0.05, 0) is 35.4 Å². The van der Waals surface area contributed by atoms with E-state index >= 15 is 0 Å². The third-order valence-electron chi connectivity index (χ3n) is 5.57. The molecule has 0 bridgehead atoms. The number of nitrogens with two attached hydrogens (primary N) is 1. The number of hydrogen-bond donors (Lipinski definition) is 3. The number of urea groups is 1. The van der Waals surface area contributed by atoms with Gasteiger partial charge in [0.05, 0.1) is 22.1 Å². The Hall–Kier alpha value is -4.38. The number of hydrogen-bond acceptors (Lipinski definition) is 8. The maximum atomic E-state index is 13.2. The molecule has 1 aliphatic rings. The topological polar surface area (TPSA) is 154 Å². The average molecular weight is 507 g/mol. The van der Waals surface area contributed by atoms with Crippen LogP contribution < -0.4 is 16.4 Å². The Bertz CT molecular complexity index is 1410. The van der Waals surface area contributed by atoms with Crippen LogP contribution in [-0.4, -0.2) is 34.7 Å². The van der Waals surface area contributed by atoms with Gasteiger partial charge in [-0.2, -0.15) is 0 Å². The first-order valence-corrected chi connectivity index (χ1v) is 11.8. The van der Waals surface area contributed by atoms with E-state index < -0.39 is 34.0 Å². The summed E-state index contributed by atoms with van der Waals surface area (Å²) >= 11 is 0.898. The van der Waals surface area contributed by atoms with Crippen molar-refractivity contribution in [1.82, 2.24) is 5.32 Å². The molecular formula is C25H22N4O6S. The number of carbonyl (C=O) groups excluding carboxylic acids is 3. The molecule has 0 fully saturated rings. The molecular weight excluding hydrogens is 484 g/mol. The highest BCUT2D eigenvalue weighted by Crippen LogP contribution is 2.46. The van der Waals surface area contributed by atoms with Gasteiger partial charge in [0.25, 0.3) is 5.69 Å². The van der Waals surface area contributed by atoms with E-state index in [4.69, 9.17) is 10.5 Å². The molecule has 0 aromatic heterocycles. The minimum Gasteiger partial charge on any atom is -0.463 e. The van der Waals surface area contributed by atoms with Gasteiger partial charge in [-0.1, -0.05) is 54.2 Å². The van der Waals surface area contributed by atoms with Crippen LogP contribution in [0.15, 0.2) is 77.3 Å². The van der Waals surface area contributed by atoms with Gasteiger partial charge >= 0.3 is 12.0 Å². The number of nitro groups is 1. The lowest BCUT2D eigenvalue weighted by Gasteiger charge is -2.21. The van der Waals surface area contributed by atoms with E-state index in [1.54, 1.807) is 25.1 Å². The van der Waals surface area contributed by atoms with Gasteiger partial charge in [0, 0.05) is 23.7 Å². The summed E-state index contributed by atoms with van der Waals surface area (Å²) in [6.45, 7) is 1.70. The average Bonchev–Trinajstić information content (AvgIpc) is 3.21. The largest absolute Gasteiger partial charge is 0.463 e. The lowest BCUT2D eigenvalue weighted by Crippen LogP contribution is -2.41. The van der Waals surface area contributed by atoms with Crippen molar-refractivity contribution in [2.24, 2.45) is 5.73 Å². The maximum Gasteiger partial charge on any atom is 0.337 e. The molecule has 36 heavy (non-hydrogen) atoms. The molecule has 4 N–H and O–H groups in total. The standard InChI is InChI=1S/C25H22N4O6S/c1-2-35-24(31)20-19(16-8-5-9-18(13-16)29(33)34)21(36-22(20)26)23(30)28-25(32)27-17-11-10-14-6-3-4-7-15(14)12-17/h3-13,19,21H,2,26H2,1H3,(H2,27,28,30,32). The molecule has 2 atom stereocenters. The minimum absolute atomic E-state index is 0.0254. The van der Waals surface area contributed by atoms with Crippen LogP contribution in [0.2, 0.25) is 0 Å². The number of benzene rings is 3. The molecule has 0 saturated carbocycles. The number of amides is 3. The van der Waals surface area contributed by atoms with Crippen molar-refractivity contribution in [2.45, 2.75) is 18.1 Å². The number of rotatable bonds is 6. The Kier molecular flexibility index (Phi) is 7.20. The first-order valence-electron chi connectivity index (χ1n) is 11.0. The zero-order valence-electron chi connectivity index (χ0n) is 19.1. The van der Waals surface area contributed by atoms with Crippen molar-refractivity contribution in [3.8, 4) is 0 Å². The van der Waals surface area contributed by atoms with Gasteiger partial charge in [0.1, 0.15) is 5.25 Å². The predicted molar refractivity (Wildman–Crippen MR) is 136 cm³/mol. The quantitative estimate of drug-likeness (QED) is 0.257. The number of fused-ring (bicyclic) bond motifs is 1. The summed E-state index contributed by atoms with van der Waals surface area (Å²) in [5.74, 6) is -2.39. The molecule has 0 radical (unpaired) electrons. The number of nitrogens with one attached hydrogen (secondary N) is 2. The number of ether oxygens (including phenoxy) is 1. The second kappa shape index (κ2) is 10.5. The molecule has 0 spiro atoms. The molecule has 0 saturated heterocycles. The summed E-state index contributed by atoms with van der Waals surface area (Å²) in [7, 11) is 0. The third kappa shape index (κ3) is 5.15. The van der Waals surface area contributed by atoms with Crippen LogP contribution in [0.3, 0.4) is 0 Å². The highest BCUT2D eigenvalue weighted by molar-refractivity contribution is 8.04. The third-order valence-corrected chi connectivity index (χ3v) is 6.79. The van der Waals surface area contributed by atoms with Crippen molar-refractivity contribution >= 4 is 51.8 Å². The number of nitro benzene ring substituents is 1.